The topological polar surface area (TPSA) is 32.1 Å². The van der Waals surface area contributed by atoms with Crippen molar-refractivity contribution in [1.82, 2.24) is 0 Å². The van der Waals surface area contributed by atoms with E-state index in [-0.39, 0.29) is 0 Å². The lowest BCUT2D eigenvalue weighted by molar-refractivity contribution is -0.954. The minimum atomic E-state index is 0.407. The summed E-state index contributed by atoms with van der Waals surface area (Å²) in [6, 6.07) is 0. The Morgan fingerprint density at radius 1 is 1.08 bits per heavy atom. The van der Waals surface area contributed by atoms with E-state index in [9.17, 15) is 0 Å². The van der Waals surface area contributed by atoms with Crippen LogP contribution in [0.2, 0.25) is 0 Å². The van der Waals surface area contributed by atoms with Gasteiger partial charge >= 0.3 is 0 Å². The molecule has 0 spiro atoms. The highest BCUT2D eigenvalue weighted by molar-refractivity contribution is 4.64. The van der Waals surface area contributed by atoms with Crippen LogP contribution >= 0.6 is 0 Å². The van der Waals surface area contributed by atoms with Crippen LogP contribution in [0.1, 0.15) is 39.5 Å². The zero-order valence-corrected chi connectivity index (χ0v) is 8.66. The van der Waals surface area contributed by atoms with E-state index in [1.165, 1.54) is 38.8 Å². The van der Waals surface area contributed by atoms with E-state index in [0.29, 0.717) is 5.54 Å². The Balaban J connectivity index is 2.47. The highest BCUT2D eigenvalue weighted by atomic mass is 15.2. The number of hydrogen-bond acceptors (Lipinski definition) is 0. The molecule has 2 heteroatoms. The number of likely N-dealkylation sites (tertiary alicyclic amines) is 1. The summed E-state index contributed by atoms with van der Waals surface area (Å²) in [7, 11) is 0. The highest BCUT2D eigenvalue weighted by Crippen LogP contribution is 2.02. The fourth-order valence-corrected chi connectivity index (χ4v) is 2.01. The molecular formula is C10H24N2+2. The van der Waals surface area contributed by atoms with Crippen LogP contribution in [-0.2, 0) is 0 Å². The monoisotopic (exact) mass is 172 g/mol. The Morgan fingerprint density at radius 2 is 1.58 bits per heavy atom. The summed E-state index contributed by atoms with van der Waals surface area (Å²) >= 11 is 0. The van der Waals surface area contributed by atoms with Crippen molar-refractivity contribution >= 4 is 0 Å². The van der Waals surface area contributed by atoms with E-state index in [1.54, 1.807) is 4.90 Å². The Labute approximate surface area is 76.1 Å². The molecule has 0 saturated carbocycles. The van der Waals surface area contributed by atoms with Gasteiger partial charge in [0.25, 0.3) is 0 Å². The number of quaternary nitrogens is 2. The molecule has 1 saturated heterocycles. The maximum absolute atomic E-state index is 4.04. The van der Waals surface area contributed by atoms with E-state index < -0.39 is 0 Å². The molecule has 1 aliphatic rings. The minimum absolute atomic E-state index is 0.407. The predicted molar refractivity (Wildman–Crippen MR) is 51.0 cm³/mol. The molecule has 0 bridgehead atoms. The molecule has 1 heterocycles. The van der Waals surface area contributed by atoms with Gasteiger partial charge in [0.2, 0.25) is 0 Å². The molecule has 0 unspecified atom stereocenters. The average Bonchev–Trinajstić information content (AvgIpc) is 2.32. The first-order valence-corrected chi connectivity index (χ1v) is 5.31. The maximum Gasteiger partial charge on any atom is 0.141 e. The van der Waals surface area contributed by atoms with Crippen molar-refractivity contribution in [1.29, 1.82) is 0 Å². The number of rotatable bonds is 2. The van der Waals surface area contributed by atoms with Crippen LogP contribution in [0.3, 0.4) is 0 Å². The van der Waals surface area contributed by atoms with Gasteiger partial charge in [0, 0.05) is 0 Å². The Hall–Kier alpha value is -0.0800. The lowest BCUT2D eigenvalue weighted by atomic mass is 10.0. The summed E-state index contributed by atoms with van der Waals surface area (Å²) in [5, 5.41) is 0. The first kappa shape index (κ1) is 10.0. The van der Waals surface area contributed by atoms with Gasteiger partial charge in [0.1, 0.15) is 12.1 Å². The molecule has 2 nitrogen and oxygen atoms in total. The molecule has 4 N–H and O–H groups in total. The van der Waals surface area contributed by atoms with Crippen LogP contribution in [0, 0.1) is 0 Å². The Bertz CT molecular complexity index is 124. The molecular weight excluding hydrogens is 148 g/mol. The Morgan fingerprint density at radius 3 is 2.00 bits per heavy atom. The van der Waals surface area contributed by atoms with Crippen LogP contribution in [0.25, 0.3) is 0 Å². The molecule has 0 atom stereocenters. The van der Waals surface area contributed by atoms with Crippen LogP contribution in [0.4, 0.5) is 0 Å². The van der Waals surface area contributed by atoms with Crippen molar-refractivity contribution in [3.05, 3.63) is 0 Å². The van der Waals surface area contributed by atoms with E-state index in [2.05, 4.69) is 19.6 Å². The third-order valence-corrected chi connectivity index (χ3v) is 3.29. The lowest BCUT2D eigenvalue weighted by Gasteiger charge is -2.31. The van der Waals surface area contributed by atoms with E-state index >= 15 is 0 Å². The smallest absolute Gasteiger partial charge is 0.141 e. The van der Waals surface area contributed by atoms with Gasteiger partial charge in [-0.15, -0.1) is 0 Å². The zero-order chi connectivity index (χ0) is 9.03. The SMILES string of the molecule is CC(C)(C[NH3+])[NH+]1CCCCCC1. The van der Waals surface area contributed by atoms with Gasteiger partial charge in [-0.1, -0.05) is 0 Å². The summed E-state index contributed by atoms with van der Waals surface area (Å²) in [5.41, 5.74) is 4.45. The van der Waals surface area contributed by atoms with Gasteiger partial charge in [-0.2, -0.15) is 0 Å². The summed E-state index contributed by atoms with van der Waals surface area (Å²) in [6.07, 6.45) is 5.71. The molecule has 72 valence electrons. The predicted octanol–water partition coefficient (Wildman–Crippen LogP) is -0.534. The molecule has 1 aliphatic heterocycles. The molecule has 1 fully saturated rings. The Kier molecular flexibility index (Phi) is 3.53. The molecule has 12 heavy (non-hydrogen) atoms. The average molecular weight is 172 g/mol. The van der Waals surface area contributed by atoms with Gasteiger partial charge in [-0.05, 0) is 39.5 Å². The van der Waals surface area contributed by atoms with Crippen molar-refractivity contribution in [2.75, 3.05) is 19.6 Å². The van der Waals surface area contributed by atoms with Crippen LogP contribution in [0.5, 0.6) is 0 Å². The quantitative estimate of drug-likeness (QED) is 0.561. The fraction of sp³-hybridized carbons (Fsp3) is 1.00. The van der Waals surface area contributed by atoms with Gasteiger partial charge in [0.15, 0.2) is 0 Å². The highest BCUT2D eigenvalue weighted by Gasteiger charge is 2.31. The molecule has 0 aromatic heterocycles. The first-order valence-electron chi connectivity index (χ1n) is 5.31. The molecule has 0 radical (unpaired) electrons. The number of hydrogen-bond donors (Lipinski definition) is 2. The molecule has 0 aromatic carbocycles. The molecule has 0 aliphatic carbocycles. The van der Waals surface area contributed by atoms with Crippen molar-refractivity contribution in [3.8, 4) is 0 Å². The largest absolute Gasteiger partial charge is 0.352 e. The summed E-state index contributed by atoms with van der Waals surface area (Å²) < 4.78 is 0. The molecule has 0 amide bonds. The van der Waals surface area contributed by atoms with Gasteiger partial charge < -0.3 is 10.6 Å². The second kappa shape index (κ2) is 4.24. The zero-order valence-electron chi connectivity index (χ0n) is 8.66. The summed E-state index contributed by atoms with van der Waals surface area (Å²) in [4.78, 5) is 1.77. The fourth-order valence-electron chi connectivity index (χ4n) is 2.01. The van der Waals surface area contributed by atoms with Gasteiger partial charge in [-0.25, -0.2) is 0 Å². The van der Waals surface area contributed by atoms with E-state index in [0.717, 1.165) is 6.54 Å². The summed E-state index contributed by atoms with van der Waals surface area (Å²) in [6.45, 7) is 8.48. The van der Waals surface area contributed by atoms with Crippen molar-refractivity contribution < 1.29 is 10.6 Å². The maximum atomic E-state index is 4.04. The normalized spacial score (nSPS) is 22.2. The van der Waals surface area contributed by atoms with Crippen LogP contribution in [0.15, 0.2) is 0 Å². The van der Waals surface area contributed by atoms with Gasteiger partial charge in [-0.3, -0.25) is 0 Å². The third-order valence-electron chi connectivity index (χ3n) is 3.29. The van der Waals surface area contributed by atoms with Crippen LogP contribution in [-0.4, -0.2) is 25.2 Å². The first-order chi connectivity index (χ1) is 5.67. The van der Waals surface area contributed by atoms with Crippen molar-refractivity contribution in [3.63, 3.8) is 0 Å². The van der Waals surface area contributed by atoms with Crippen LogP contribution < -0.4 is 10.6 Å². The lowest BCUT2D eigenvalue weighted by Crippen LogP contribution is -3.21. The van der Waals surface area contributed by atoms with Crippen molar-refractivity contribution in [2.24, 2.45) is 0 Å². The minimum Gasteiger partial charge on any atom is -0.352 e. The van der Waals surface area contributed by atoms with E-state index in [1.807, 2.05) is 0 Å². The standard InChI is InChI=1S/C10H22N2/c1-10(2,9-11)12-7-5-3-4-6-8-12/h3-9,11H2,1-2H3/p+2. The number of nitrogens with one attached hydrogen (secondary N) is 1. The second-order valence-electron chi connectivity index (χ2n) is 4.65. The second-order valence-corrected chi connectivity index (χ2v) is 4.65. The summed E-state index contributed by atoms with van der Waals surface area (Å²) in [5.74, 6) is 0. The molecule has 0 aromatic rings. The molecule has 1 rings (SSSR count). The third kappa shape index (κ3) is 2.46. The van der Waals surface area contributed by atoms with Gasteiger partial charge in [0.05, 0.1) is 13.1 Å². The van der Waals surface area contributed by atoms with Crippen molar-refractivity contribution in [2.45, 2.75) is 45.1 Å². The van der Waals surface area contributed by atoms with E-state index in [4.69, 9.17) is 0 Å².